The Morgan fingerprint density at radius 3 is 2.38 bits per heavy atom. The Kier molecular flexibility index (Phi) is 5.82. The Bertz CT molecular complexity index is 634. The predicted octanol–water partition coefficient (Wildman–Crippen LogP) is 0.697. The Hall–Kier alpha value is -2.95. The first kappa shape index (κ1) is 16.1. The second kappa shape index (κ2) is 7.59. The minimum atomic E-state index is 0.220. The van der Waals surface area contributed by atoms with Crippen molar-refractivity contribution >= 4 is 0 Å². The van der Waals surface area contributed by atoms with Crippen LogP contribution in [-0.2, 0) is 0 Å². The molecule has 21 heavy (non-hydrogen) atoms. The molecule has 0 aliphatic carbocycles. The topological polar surface area (TPSA) is 108 Å². The molecular formula is C13H15N5O3. The zero-order valence-electron chi connectivity index (χ0n) is 12.2. The third kappa shape index (κ3) is 4.91. The summed E-state index contributed by atoms with van der Waals surface area (Å²) in [6.07, 6.45) is 4.18. The van der Waals surface area contributed by atoms with Gasteiger partial charge < -0.3 is 14.7 Å². The van der Waals surface area contributed by atoms with Crippen LogP contribution >= 0.6 is 0 Å². The van der Waals surface area contributed by atoms with E-state index >= 15 is 0 Å². The normalized spacial score (nSPS) is 9.10. The van der Waals surface area contributed by atoms with E-state index in [-0.39, 0.29) is 11.6 Å². The summed E-state index contributed by atoms with van der Waals surface area (Å²) in [4.78, 5) is 11.7. The molecule has 0 aliphatic rings. The first-order valence-corrected chi connectivity index (χ1v) is 5.89. The van der Waals surface area contributed by atoms with Crippen molar-refractivity contribution in [3.63, 3.8) is 0 Å². The first-order valence-electron chi connectivity index (χ1n) is 5.89. The van der Waals surface area contributed by atoms with Crippen molar-refractivity contribution in [1.29, 1.82) is 5.26 Å². The molecule has 110 valence electrons. The highest BCUT2D eigenvalue weighted by Crippen LogP contribution is 2.10. The van der Waals surface area contributed by atoms with Crippen LogP contribution in [0.2, 0.25) is 0 Å². The maximum atomic E-state index is 10.7. The SMILES string of the molecule is COc1c[n+]([O-])cc(C)n1.COc1nc(C)cnc1C#N. The van der Waals surface area contributed by atoms with Crippen LogP contribution in [0.4, 0.5) is 0 Å². The van der Waals surface area contributed by atoms with E-state index in [4.69, 9.17) is 14.7 Å². The highest BCUT2D eigenvalue weighted by Gasteiger charge is 2.03. The summed E-state index contributed by atoms with van der Waals surface area (Å²) in [5.41, 5.74) is 1.60. The molecule has 0 atom stereocenters. The van der Waals surface area contributed by atoms with Gasteiger partial charge in [-0.2, -0.15) is 9.99 Å². The smallest absolute Gasteiger partial charge is 0.281 e. The summed E-state index contributed by atoms with van der Waals surface area (Å²) in [5, 5.41) is 19.2. The van der Waals surface area contributed by atoms with E-state index in [0.717, 1.165) is 5.69 Å². The van der Waals surface area contributed by atoms with Gasteiger partial charge in [0.05, 0.1) is 19.9 Å². The van der Waals surface area contributed by atoms with Gasteiger partial charge in [0.15, 0.2) is 0 Å². The van der Waals surface area contributed by atoms with E-state index < -0.39 is 0 Å². The fourth-order valence-electron chi connectivity index (χ4n) is 1.33. The maximum Gasteiger partial charge on any atom is 0.281 e. The van der Waals surface area contributed by atoms with Gasteiger partial charge in [0.25, 0.3) is 11.8 Å². The highest BCUT2D eigenvalue weighted by atomic mass is 16.5. The molecule has 0 N–H and O–H groups in total. The summed E-state index contributed by atoms with van der Waals surface area (Å²) in [7, 11) is 2.94. The molecule has 2 heterocycles. The van der Waals surface area contributed by atoms with Crippen LogP contribution in [0.3, 0.4) is 0 Å². The molecule has 0 bridgehead atoms. The molecule has 0 radical (unpaired) electrons. The highest BCUT2D eigenvalue weighted by molar-refractivity contribution is 5.31. The van der Waals surface area contributed by atoms with E-state index in [1.54, 1.807) is 13.8 Å². The van der Waals surface area contributed by atoms with Crippen LogP contribution < -0.4 is 14.2 Å². The Balaban J connectivity index is 0.000000211. The molecule has 0 fully saturated rings. The lowest BCUT2D eigenvalue weighted by Gasteiger charge is -1.99. The zero-order valence-corrected chi connectivity index (χ0v) is 12.2. The van der Waals surface area contributed by atoms with Crippen LogP contribution in [0.5, 0.6) is 11.8 Å². The first-order chi connectivity index (χ1) is 9.99. The van der Waals surface area contributed by atoms with Crippen LogP contribution in [0.15, 0.2) is 18.6 Å². The van der Waals surface area contributed by atoms with Crippen molar-refractivity contribution < 1.29 is 14.2 Å². The van der Waals surface area contributed by atoms with Gasteiger partial charge in [0.2, 0.25) is 18.1 Å². The molecule has 0 amide bonds. The Morgan fingerprint density at radius 2 is 1.86 bits per heavy atom. The van der Waals surface area contributed by atoms with Gasteiger partial charge in [0, 0.05) is 6.20 Å². The third-order valence-corrected chi connectivity index (χ3v) is 2.21. The number of methoxy groups -OCH3 is 2. The van der Waals surface area contributed by atoms with Gasteiger partial charge in [-0.05, 0) is 13.8 Å². The van der Waals surface area contributed by atoms with Gasteiger partial charge >= 0.3 is 0 Å². The summed E-state index contributed by atoms with van der Waals surface area (Å²) in [6, 6.07) is 1.88. The standard InChI is InChI=1S/C7H7N3O.C6H8N2O2/c1-5-4-9-6(3-8)7(10-5)11-2;1-5-3-8(9)4-6(7-5)10-2/h4H,1-2H3;3-4H,1-2H3. The van der Waals surface area contributed by atoms with E-state index in [0.29, 0.717) is 16.3 Å². The van der Waals surface area contributed by atoms with Crippen LogP contribution in [0, 0.1) is 30.4 Å². The lowest BCUT2D eigenvalue weighted by molar-refractivity contribution is -0.606. The average Bonchev–Trinajstić information content (AvgIpc) is 2.46. The molecular weight excluding hydrogens is 274 g/mol. The Labute approximate surface area is 122 Å². The van der Waals surface area contributed by atoms with E-state index in [1.165, 1.54) is 32.8 Å². The largest absolute Gasteiger partial charge is 0.619 e. The van der Waals surface area contributed by atoms with Gasteiger partial charge in [0.1, 0.15) is 11.8 Å². The molecule has 8 nitrogen and oxygen atoms in total. The maximum absolute atomic E-state index is 10.7. The lowest BCUT2D eigenvalue weighted by atomic mass is 10.4. The average molecular weight is 289 g/mol. The van der Waals surface area contributed by atoms with Crippen molar-refractivity contribution in [2.75, 3.05) is 14.2 Å². The monoisotopic (exact) mass is 289 g/mol. The number of rotatable bonds is 2. The molecule has 2 aromatic rings. The fraction of sp³-hybridized carbons (Fsp3) is 0.308. The molecule has 2 aromatic heterocycles. The number of hydrogen-bond donors (Lipinski definition) is 0. The second-order valence-corrected chi connectivity index (χ2v) is 3.89. The summed E-state index contributed by atoms with van der Waals surface area (Å²) < 4.78 is 10.2. The van der Waals surface area contributed by atoms with Gasteiger partial charge in [-0.25, -0.2) is 15.0 Å². The van der Waals surface area contributed by atoms with Crippen LogP contribution in [0.1, 0.15) is 17.1 Å². The van der Waals surface area contributed by atoms with Crippen molar-refractivity contribution in [1.82, 2.24) is 15.0 Å². The number of nitrogens with zero attached hydrogens (tertiary/aromatic N) is 5. The number of aryl methyl sites for hydroxylation is 2. The predicted molar refractivity (Wildman–Crippen MR) is 72.5 cm³/mol. The van der Waals surface area contributed by atoms with Crippen LogP contribution in [-0.4, -0.2) is 29.2 Å². The van der Waals surface area contributed by atoms with Crippen molar-refractivity contribution in [2.24, 2.45) is 0 Å². The number of aromatic nitrogens is 4. The van der Waals surface area contributed by atoms with E-state index in [2.05, 4.69) is 15.0 Å². The molecule has 0 spiro atoms. The van der Waals surface area contributed by atoms with Crippen molar-refractivity contribution in [2.45, 2.75) is 13.8 Å². The molecule has 0 aromatic carbocycles. The number of ether oxygens (including phenoxy) is 2. The minimum absolute atomic E-state index is 0.220. The molecule has 0 saturated heterocycles. The fourth-order valence-corrected chi connectivity index (χ4v) is 1.33. The van der Waals surface area contributed by atoms with Crippen LogP contribution in [0.25, 0.3) is 0 Å². The quantitative estimate of drug-likeness (QED) is 0.591. The second-order valence-electron chi connectivity index (χ2n) is 3.89. The summed E-state index contributed by atoms with van der Waals surface area (Å²) >= 11 is 0. The lowest BCUT2D eigenvalue weighted by Crippen LogP contribution is -2.25. The third-order valence-electron chi connectivity index (χ3n) is 2.21. The van der Waals surface area contributed by atoms with E-state index in [9.17, 15) is 5.21 Å². The van der Waals surface area contributed by atoms with Crippen molar-refractivity contribution in [3.8, 4) is 17.8 Å². The molecule has 8 heteroatoms. The molecule has 0 saturated carbocycles. The van der Waals surface area contributed by atoms with Gasteiger partial charge in [-0.3, -0.25) is 0 Å². The van der Waals surface area contributed by atoms with Crippen molar-refractivity contribution in [3.05, 3.63) is 40.9 Å². The molecule has 0 unspecified atom stereocenters. The number of hydrogen-bond acceptors (Lipinski definition) is 7. The molecule has 0 aliphatic heterocycles. The summed E-state index contributed by atoms with van der Waals surface area (Å²) in [6.45, 7) is 3.52. The number of nitriles is 1. The Morgan fingerprint density at radius 1 is 1.14 bits per heavy atom. The van der Waals surface area contributed by atoms with Gasteiger partial charge in [-0.1, -0.05) is 0 Å². The summed E-state index contributed by atoms with van der Waals surface area (Å²) in [5.74, 6) is 0.627. The van der Waals surface area contributed by atoms with E-state index in [1.807, 2.05) is 6.07 Å². The van der Waals surface area contributed by atoms with Gasteiger partial charge in [-0.15, -0.1) is 0 Å². The minimum Gasteiger partial charge on any atom is -0.619 e. The molecule has 2 rings (SSSR count). The zero-order chi connectivity index (χ0) is 15.8.